The summed E-state index contributed by atoms with van der Waals surface area (Å²) in [5, 5.41) is 2.86. The van der Waals surface area contributed by atoms with Crippen LogP contribution in [0.4, 0.5) is 0 Å². The second-order valence-corrected chi connectivity index (χ2v) is 7.45. The van der Waals surface area contributed by atoms with Crippen molar-refractivity contribution in [3.05, 3.63) is 109 Å². The summed E-state index contributed by atoms with van der Waals surface area (Å²) in [4.78, 5) is 0. The Morgan fingerprint density at radius 2 is 1.19 bits per heavy atom. The van der Waals surface area contributed by atoms with Gasteiger partial charge in [0.15, 0.2) is 0 Å². The highest BCUT2D eigenvalue weighted by Gasteiger charge is 2.19. The molecular formula is C30H18O. The van der Waals surface area contributed by atoms with Gasteiger partial charge in [0.2, 0.25) is 0 Å². The lowest BCUT2D eigenvalue weighted by Crippen LogP contribution is -1.88. The molecular weight excluding hydrogens is 376 g/mol. The molecule has 0 bridgehead atoms. The third kappa shape index (κ3) is 2.32. The van der Waals surface area contributed by atoms with Crippen LogP contribution in [0.15, 0.2) is 113 Å². The van der Waals surface area contributed by atoms with Crippen molar-refractivity contribution >= 4 is 54.3 Å². The van der Waals surface area contributed by atoms with Gasteiger partial charge in [0.25, 0.3) is 0 Å². The van der Waals surface area contributed by atoms with Gasteiger partial charge in [0.05, 0.1) is 12.3 Å². The molecule has 7 aromatic rings. The highest BCUT2D eigenvalue weighted by atomic mass is 16.3. The first-order valence-corrected chi connectivity index (χ1v) is 9.89. The molecule has 0 N–H and O–H groups in total. The van der Waals surface area contributed by atoms with Crippen molar-refractivity contribution < 1.29 is 16.8 Å². The quantitative estimate of drug-likeness (QED) is 0.250. The van der Waals surface area contributed by atoms with E-state index < -0.39 is 48.3 Å². The van der Waals surface area contributed by atoms with Gasteiger partial charge in [-0.25, -0.2) is 0 Å². The van der Waals surface area contributed by atoms with Crippen LogP contribution in [0.25, 0.3) is 65.4 Å². The molecule has 0 aliphatic carbocycles. The Hall–Kier alpha value is -4.10. The third-order valence-corrected chi connectivity index (χ3v) is 5.77. The molecule has 1 heterocycles. The topological polar surface area (TPSA) is 13.1 Å². The van der Waals surface area contributed by atoms with Crippen LogP contribution in [0.1, 0.15) is 12.3 Å². The number of hydrogen-bond donors (Lipinski definition) is 0. The Morgan fingerprint density at radius 3 is 1.97 bits per heavy atom. The number of hydrogen-bond acceptors (Lipinski definition) is 1. The summed E-state index contributed by atoms with van der Waals surface area (Å²) >= 11 is 0. The van der Waals surface area contributed by atoms with E-state index in [-0.39, 0.29) is 33.2 Å². The SMILES string of the molecule is [2H]c1c([2H])c([2H])c2c(-c3c4ccccc4cc4c3oc3ccccc34)c3c([2H])c([2H])c([2H])c([2H])c3c([2H])c2c1[2H]. The van der Waals surface area contributed by atoms with Crippen molar-refractivity contribution in [1.82, 2.24) is 0 Å². The van der Waals surface area contributed by atoms with Crippen LogP contribution in [0.3, 0.4) is 0 Å². The summed E-state index contributed by atoms with van der Waals surface area (Å²) < 4.78 is 84.2. The molecule has 6 aromatic carbocycles. The maximum atomic E-state index is 9.00. The van der Waals surface area contributed by atoms with E-state index >= 15 is 0 Å². The first-order valence-electron chi connectivity index (χ1n) is 14.4. The van der Waals surface area contributed by atoms with Crippen molar-refractivity contribution in [3.8, 4) is 11.1 Å². The number of para-hydroxylation sites is 1. The summed E-state index contributed by atoms with van der Waals surface area (Å²) in [5.74, 6) is 0. The number of fused-ring (bicyclic) bond motifs is 6. The molecule has 0 atom stereocenters. The smallest absolute Gasteiger partial charge is 0.143 e. The first-order chi connectivity index (χ1) is 19.1. The van der Waals surface area contributed by atoms with Gasteiger partial charge >= 0.3 is 0 Å². The molecule has 0 aliphatic rings. The molecule has 0 unspecified atom stereocenters. The van der Waals surface area contributed by atoms with E-state index in [4.69, 9.17) is 16.8 Å². The predicted octanol–water partition coefficient (Wildman–Crippen LogP) is 8.71. The molecule has 7 rings (SSSR count). The predicted molar refractivity (Wildman–Crippen MR) is 132 cm³/mol. The monoisotopic (exact) mass is 403 g/mol. The van der Waals surface area contributed by atoms with Crippen LogP contribution in [0.5, 0.6) is 0 Å². The Bertz CT molecular complexity index is 2190. The van der Waals surface area contributed by atoms with Gasteiger partial charge in [0, 0.05) is 21.9 Å². The number of benzene rings is 6. The Kier molecular flexibility index (Phi) is 2.06. The van der Waals surface area contributed by atoms with Gasteiger partial charge in [-0.15, -0.1) is 0 Å². The average molecular weight is 404 g/mol. The highest BCUT2D eigenvalue weighted by molar-refractivity contribution is 6.25. The fraction of sp³-hybridized carbons (Fsp3) is 0. The molecule has 0 spiro atoms. The normalized spacial score (nSPS) is 15.9. The lowest BCUT2D eigenvalue weighted by atomic mass is 9.88. The molecule has 0 radical (unpaired) electrons. The van der Waals surface area contributed by atoms with Gasteiger partial charge in [-0.2, -0.15) is 0 Å². The van der Waals surface area contributed by atoms with Crippen molar-refractivity contribution in [3.63, 3.8) is 0 Å². The van der Waals surface area contributed by atoms with Crippen molar-refractivity contribution in [2.75, 3.05) is 0 Å². The van der Waals surface area contributed by atoms with E-state index in [9.17, 15) is 0 Å². The molecule has 0 amide bonds. The van der Waals surface area contributed by atoms with Crippen LogP contribution in [0.2, 0.25) is 0 Å². The lowest BCUT2D eigenvalue weighted by molar-refractivity contribution is 0.670. The molecule has 0 fully saturated rings. The van der Waals surface area contributed by atoms with Gasteiger partial charge in [0.1, 0.15) is 11.2 Å². The van der Waals surface area contributed by atoms with Crippen LogP contribution in [-0.4, -0.2) is 0 Å². The summed E-state index contributed by atoms with van der Waals surface area (Å²) in [7, 11) is 0. The van der Waals surface area contributed by atoms with Crippen LogP contribution < -0.4 is 0 Å². The maximum Gasteiger partial charge on any atom is 0.143 e. The van der Waals surface area contributed by atoms with E-state index in [0.717, 1.165) is 16.2 Å². The first kappa shape index (κ1) is 10.3. The molecule has 0 saturated carbocycles. The minimum atomic E-state index is -0.524. The highest BCUT2D eigenvalue weighted by Crippen LogP contribution is 2.45. The molecule has 1 heteroatoms. The molecule has 0 aliphatic heterocycles. The number of furan rings is 1. The molecule has 144 valence electrons. The van der Waals surface area contributed by atoms with Crippen LogP contribution in [0, 0.1) is 0 Å². The van der Waals surface area contributed by atoms with Gasteiger partial charge < -0.3 is 4.42 Å². The largest absolute Gasteiger partial charge is 0.455 e. The maximum absolute atomic E-state index is 9.00. The van der Waals surface area contributed by atoms with Crippen molar-refractivity contribution in [2.45, 2.75) is 0 Å². The zero-order chi connectivity index (χ0) is 28.2. The zero-order valence-corrected chi connectivity index (χ0v) is 16.1. The Balaban J connectivity index is 1.92. The second kappa shape index (κ2) is 6.20. The molecule has 1 nitrogen and oxygen atoms in total. The summed E-state index contributed by atoms with van der Waals surface area (Å²) in [6.07, 6.45) is 0. The van der Waals surface area contributed by atoms with Crippen LogP contribution in [-0.2, 0) is 0 Å². The number of rotatable bonds is 1. The minimum absolute atomic E-state index is 0.00615. The fourth-order valence-corrected chi connectivity index (χ4v) is 4.46. The van der Waals surface area contributed by atoms with E-state index in [1.165, 1.54) is 0 Å². The summed E-state index contributed by atoms with van der Waals surface area (Å²) in [5.41, 5.74) is 1.64. The lowest BCUT2D eigenvalue weighted by Gasteiger charge is -2.15. The van der Waals surface area contributed by atoms with Gasteiger partial charge in [-0.05, 0) is 50.5 Å². The zero-order valence-electron chi connectivity index (χ0n) is 25.1. The van der Waals surface area contributed by atoms with E-state index in [0.29, 0.717) is 22.1 Å². The van der Waals surface area contributed by atoms with Crippen LogP contribution >= 0.6 is 0 Å². The van der Waals surface area contributed by atoms with E-state index in [1.54, 1.807) is 0 Å². The third-order valence-electron chi connectivity index (χ3n) is 5.77. The molecule has 0 saturated heterocycles. The molecule has 31 heavy (non-hydrogen) atoms. The van der Waals surface area contributed by atoms with Crippen molar-refractivity contribution in [2.24, 2.45) is 0 Å². The Morgan fingerprint density at radius 1 is 0.548 bits per heavy atom. The minimum Gasteiger partial charge on any atom is -0.455 e. The standard InChI is InChI=1S/C30H18O/c1-4-12-22-19(9-1)17-20-10-2-5-13-23(20)28(22)29-24-14-6-3-11-21(24)18-26-25-15-7-8-16-27(25)31-30(26)29/h1-18H/i1D,2D,4D,5D,9D,10D,12D,13D,17D. The van der Waals surface area contributed by atoms with E-state index in [1.807, 2.05) is 54.6 Å². The van der Waals surface area contributed by atoms with E-state index in [2.05, 4.69) is 0 Å². The average Bonchev–Trinajstić information content (AvgIpc) is 3.33. The summed E-state index contributed by atoms with van der Waals surface area (Å²) in [6, 6.07) is 12.8. The fourth-order valence-electron chi connectivity index (χ4n) is 4.46. The van der Waals surface area contributed by atoms with Gasteiger partial charge in [-0.1, -0.05) is 90.8 Å². The summed E-state index contributed by atoms with van der Waals surface area (Å²) in [6.45, 7) is 0. The van der Waals surface area contributed by atoms with Gasteiger partial charge in [-0.3, -0.25) is 0 Å². The second-order valence-electron chi connectivity index (χ2n) is 7.45. The van der Waals surface area contributed by atoms with Crippen molar-refractivity contribution in [1.29, 1.82) is 0 Å². The molecule has 1 aromatic heterocycles. The Labute approximate surface area is 191 Å².